The first-order valence-electron chi connectivity index (χ1n) is 13.1. The molecule has 13 nitrogen and oxygen atoms in total. The number of thiazole rings is 1. The number of nitrogens with zero attached hydrogens (tertiary/aromatic N) is 3. The molecule has 2 aromatic carbocycles. The van der Waals surface area contributed by atoms with Crippen molar-refractivity contribution in [3.8, 4) is 0 Å². The van der Waals surface area contributed by atoms with E-state index in [1.165, 1.54) is 20.8 Å². The van der Waals surface area contributed by atoms with Crippen LogP contribution in [0, 0.1) is 0 Å². The number of nitrogens with one attached hydrogen (secondary N) is 1. The second kappa shape index (κ2) is 15.6. The molecule has 1 saturated heterocycles. The van der Waals surface area contributed by atoms with Crippen LogP contribution in [-0.4, -0.2) is 97.7 Å². The maximum Gasteiger partial charge on any atom is 0.414 e. The van der Waals surface area contributed by atoms with Crippen molar-refractivity contribution in [2.45, 2.75) is 31.8 Å². The van der Waals surface area contributed by atoms with Gasteiger partial charge in [0.25, 0.3) is 0 Å². The molecule has 0 radical (unpaired) electrons. The standard InChI is InChI=1S/C24H28N4OS.2C2H2O4/c29-23(25-20-10-5-7-18-6-1-2-8-19(18)20)16-27-12-14-28(15-13-27)17-24-26-21-9-3-4-11-22(21)30-24;2*3-1(4)2(5)6/h1-4,6,8-9,11,20H,5,7,10,12-17H2,(H,25,29);2*(H,3,4)(H,5,6). The first-order valence-corrected chi connectivity index (χ1v) is 13.9. The Bertz CT molecular complexity index is 1340. The summed E-state index contributed by atoms with van der Waals surface area (Å²) < 4.78 is 1.26. The zero-order valence-electron chi connectivity index (χ0n) is 22.6. The second-order valence-corrected chi connectivity index (χ2v) is 10.7. The molecule has 0 spiro atoms. The molecule has 1 aliphatic carbocycles. The quantitative estimate of drug-likeness (QED) is 0.267. The molecule has 1 fully saturated rings. The van der Waals surface area contributed by atoms with Crippen LogP contribution in [0.2, 0.25) is 0 Å². The number of amides is 1. The van der Waals surface area contributed by atoms with E-state index in [0.717, 1.165) is 57.5 Å². The molecule has 5 N–H and O–H groups in total. The second-order valence-electron chi connectivity index (χ2n) is 9.56. The Morgan fingerprint density at radius 2 is 1.38 bits per heavy atom. The van der Waals surface area contributed by atoms with Gasteiger partial charge in [-0.25, -0.2) is 24.2 Å². The number of aryl methyl sites for hydroxylation is 1. The molecule has 2 aliphatic rings. The number of rotatable bonds is 5. The van der Waals surface area contributed by atoms with Crippen molar-refractivity contribution in [2.75, 3.05) is 32.7 Å². The normalized spacial score (nSPS) is 16.5. The summed E-state index contributed by atoms with van der Waals surface area (Å²) in [7, 11) is 0. The predicted octanol–water partition coefficient (Wildman–Crippen LogP) is 1.92. The SMILES string of the molecule is O=C(CN1CCN(Cc2nc3ccccc3s2)CC1)NC1CCCc2ccccc21.O=C(O)C(=O)O.O=C(O)C(=O)O. The number of hydrogen-bond donors (Lipinski definition) is 5. The number of aromatic nitrogens is 1. The lowest BCUT2D eigenvalue weighted by atomic mass is 9.88. The van der Waals surface area contributed by atoms with Gasteiger partial charge in [-0.1, -0.05) is 36.4 Å². The number of aliphatic carboxylic acids is 4. The van der Waals surface area contributed by atoms with E-state index in [9.17, 15) is 4.79 Å². The molecule has 5 rings (SSSR count). The van der Waals surface area contributed by atoms with Crippen LogP contribution in [0.4, 0.5) is 0 Å². The average molecular weight is 601 g/mol. The summed E-state index contributed by atoms with van der Waals surface area (Å²) in [6.45, 7) is 5.22. The van der Waals surface area contributed by atoms with Gasteiger partial charge in [0.05, 0.1) is 29.3 Å². The summed E-state index contributed by atoms with van der Waals surface area (Å²) in [4.78, 5) is 58.6. The lowest BCUT2D eigenvalue weighted by Crippen LogP contribution is -2.49. The third kappa shape index (κ3) is 9.90. The fourth-order valence-corrected chi connectivity index (χ4v) is 5.64. The molecule has 3 aromatic rings. The summed E-state index contributed by atoms with van der Waals surface area (Å²) in [5.74, 6) is -7.15. The van der Waals surface area contributed by atoms with Gasteiger partial charge in [0.15, 0.2) is 0 Å². The zero-order chi connectivity index (χ0) is 30.6. The number of benzene rings is 2. The van der Waals surface area contributed by atoms with Crippen molar-refractivity contribution in [1.82, 2.24) is 20.1 Å². The minimum absolute atomic E-state index is 0.149. The Morgan fingerprint density at radius 3 is 2.00 bits per heavy atom. The highest BCUT2D eigenvalue weighted by atomic mass is 32.1. The lowest BCUT2D eigenvalue weighted by Gasteiger charge is -2.34. The smallest absolute Gasteiger partial charge is 0.414 e. The van der Waals surface area contributed by atoms with Crippen LogP contribution in [0.5, 0.6) is 0 Å². The van der Waals surface area contributed by atoms with E-state index in [1.807, 2.05) is 6.07 Å². The predicted molar refractivity (Wildman–Crippen MR) is 152 cm³/mol. The van der Waals surface area contributed by atoms with Crippen LogP contribution < -0.4 is 5.32 Å². The van der Waals surface area contributed by atoms with E-state index in [1.54, 1.807) is 11.3 Å². The minimum atomic E-state index is -1.82. The van der Waals surface area contributed by atoms with Crippen molar-refractivity contribution in [3.63, 3.8) is 0 Å². The number of piperazine rings is 1. The van der Waals surface area contributed by atoms with E-state index in [0.29, 0.717) is 6.54 Å². The van der Waals surface area contributed by atoms with Crippen LogP contribution >= 0.6 is 11.3 Å². The summed E-state index contributed by atoms with van der Waals surface area (Å²) >= 11 is 1.79. The van der Waals surface area contributed by atoms with Crippen molar-refractivity contribution < 1.29 is 44.4 Å². The van der Waals surface area contributed by atoms with E-state index in [4.69, 9.17) is 44.6 Å². The number of para-hydroxylation sites is 1. The van der Waals surface area contributed by atoms with Gasteiger partial charge in [0, 0.05) is 26.2 Å². The molecule has 224 valence electrons. The molecule has 0 bridgehead atoms. The fourth-order valence-electron chi connectivity index (χ4n) is 4.63. The van der Waals surface area contributed by atoms with Gasteiger partial charge in [0.1, 0.15) is 5.01 Å². The molecule has 1 aromatic heterocycles. The number of fused-ring (bicyclic) bond motifs is 2. The molecule has 1 atom stereocenters. The van der Waals surface area contributed by atoms with Gasteiger partial charge in [-0.15, -0.1) is 11.3 Å². The highest BCUT2D eigenvalue weighted by molar-refractivity contribution is 7.18. The fraction of sp³-hybridized carbons (Fsp3) is 0.357. The Morgan fingerprint density at radius 1 is 0.810 bits per heavy atom. The molecule has 2 heterocycles. The first-order chi connectivity index (χ1) is 20.0. The molecular weight excluding hydrogens is 568 g/mol. The molecule has 14 heteroatoms. The molecule has 0 saturated carbocycles. The number of hydrogen-bond acceptors (Lipinski definition) is 9. The Hall–Kier alpha value is -4.40. The van der Waals surface area contributed by atoms with Crippen molar-refractivity contribution in [1.29, 1.82) is 0 Å². The third-order valence-electron chi connectivity index (χ3n) is 6.60. The maximum atomic E-state index is 12.7. The van der Waals surface area contributed by atoms with E-state index in [2.05, 4.69) is 57.6 Å². The number of carbonyl (C=O) groups excluding carboxylic acids is 1. The molecular formula is C28H32N4O9S. The summed E-state index contributed by atoms with van der Waals surface area (Å²) in [6.07, 6.45) is 3.31. The minimum Gasteiger partial charge on any atom is -0.473 e. The van der Waals surface area contributed by atoms with Gasteiger partial charge >= 0.3 is 23.9 Å². The van der Waals surface area contributed by atoms with Crippen LogP contribution in [0.25, 0.3) is 10.2 Å². The molecule has 1 aliphatic heterocycles. The summed E-state index contributed by atoms with van der Waals surface area (Å²) in [5.41, 5.74) is 3.78. The lowest BCUT2D eigenvalue weighted by molar-refractivity contribution is -0.159. The van der Waals surface area contributed by atoms with Gasteiger partial charge in [-0.05, 0) is 42.5 Å². The van der Waals surface area contributed by atoms with Crippen LogP contribution in [0.15, 0.2) is 48.5 Å². The average Bonchev–Trinajstić information content (AvgIpc) is 3.37. The monoisotopic (exact) mass is 600 g/mol. The van der Waals surface area contributed by atoms with Gasteiger partial charge in [0.2, 0.25) is 5.91 Å². The van der Waals surface area contributed by atoms with Crippen LogP contribution in [0.3, 0.4) is 0 Å². The molecule has 42 heavy (non-hydrogen) atoms. The summed E-state index contributed by atoms with van der Waals surface area (Å²) in [5, 5.41) is 34.0. The molecule has 1 amide bonds. The van der Waals surface area contributed by atoms with E-state index in [-0.39, 0.29) is 11.9 Å². The number of carbonyl (C=O) groups is 5. The van der Waals surface area contributed by atoms with E-state index >= 15 is 0 Å². The van der Waals surface area contributed by atoms with Gasteiger partial charge in [-0.3, -0.25) is 14.6 Å². The largest absolute Gasteiger partial charge is 0.473 e. The summed E-state index contributed by atoms with van der Waals surface area (Å²) in [6, 6.07) is 17.0. The van der Waals surface area contributed by atoms with Crippen molar-refractivity contribution in [2.24, 2.45) is 0 Å². The van der Waals surface area contributed by atoms with Crippen molar-refractivity contribution in [3.05, 3.63) is 64.7 Å². The number of carboxylic acid groups (broad SMARTS) is 4. The first kappa shape index (κ1) is 32.1. The van der Waals surface area contributed by atoms with E-state index < -0.39 is 23.9 Å². The highest BCUT2D eigenvalue weighted by Crippen LogP contribution is 2.29. The maximum absolute atomic E-state index is 12.7. The topological polar surface area (TPSA) is 198 Å². The zero-order valence-corrected chi connectivity index (χ0v) is 23.5. The van der Waals surface area contributed by atoms with Gasteiger partial charge in [-0.2, -0.15) is 0 Å². The Balaban J connectivity index is 0.000000342. The molecule has 1 unspecified atom stereocenters. The van der Waals surface area contributed by atoms with Crippen LogP contribution in [-0.2, 0) is 36.9 Å². The number of carboxylic acids is 4. The van der Waals surface area contributed by atoms with Crippen molar-refractivity contribution >= 4 is 51.3 Å². The van der Waals surface area contributed by atoms with Gasteiger partial charge < -0.3 is 25.7 Å². The van der Waals surface area contributed by atoms with Crippen LogP contribution in [0.1, 0.15) is 35.0 Å². The highest BCUT2D eigenvalue weighted by Gasteiger charge is 2.24. The Labute approximate surface area is 245 Å². The Kier molecular flexibility index (Phi) is 11.9. The third-order valence-corrected chi connectivity index (χ3v) is 7.62.